The molecule has 29 heavy (non-hydrogen) atoms. The second-order valence-electron chi connectivity index (χ2n) is 6.35. The van der Waals surface area contributed by atoms with Crippen molar-refractivity contribution in [1.29, 1.82) is 0 Å². The van der Waals surface area contributed by atoms with E-state index >= 15 is 0 Å². The fourth-order valence-corrected chi connectivity index (χ4v) is 3.01. The summed E-state index contributed by atoms with van der Waals surface area (Å²) < 4.78 is 5.78. The zero-order valence-corrected chi connectivity index (χ0v) is 15.4. The molecule has 1 heterocycles. The standard InChI is InChI=1S/C21H18N2O6/c1-11-5-2-3-6-13(11)10-29-14-8-4-7-12(9-14)15-16(20(25)26)18(22)23-19(24)17(15)21(27)28/h2-9H,10H2,1H3,(H,25,26)(H,27,28)(H3,22,23,24). The number of nitrogens with one attached hydrogen (secondary N) is 1. The molecule has 148 valence electrons. The number of carboxylic acid groups (broad SMARTS) is 2. The number of aromatic amines is 1. The molecule has 0 aliphatic carbocycles. The molecule has 0 amide bonds. The highest BCUT2D eigenvalue weighted by Crippen LogP contribution is 2.31. The van der Waals surface area contributed by atoms with Gasteiger partial charge in [-0.25, -0.2) is 9.59 Å². The van der Waals surface area contributed by atoms with Gasteiger partial charge in [-0.05, 0) is 35.7 Å². The lowest BCUT2D eigenvalue weighted by atomic mass is 9.95. The molecule has 0 saturated heterocycles. The first-order valence-electron chi connectivity index (χ1n) is 8.59. The summed E-state index contributed by atoms with van der Waals surface area (Å²) in [6, 6.07) is 13.9. The van der Waals surface area contributed by atoms with Crippen molar-refractivity contribution in [2.75, 3.05) is 5.73 Å². The van der Waals surface area contributed by atoms with Crippen molar-refractivity contribution >= 4 is 17.8 Å². The molecule has 0 fully saturated rings. The number of ether oxygens (including phenoxy) is 1. The summed E-state index contributed by atoms with van der Waals surface area (Å²) in [4.78, 5) is 37.6. The van der Waals surface area contributed by atoms with Crippen molar-refractivity contribution in [3.63, 3.8) is 0 Å². The predicted octanol–water partition coefficient (Wildman–Crippen LogP) is 2.91. The Morgan fingerprint density at radius 2 is 1.72 bits per heavy atom. The number of hydrogen-bond acceptors (Lipinski definition) is 5. The van der Waals surface area contributed by atoms with Crippen molar-refractivity contribution in [2.24, 2.45) is 0 Å². The van der Waals surface area contributed by atoms with Gasteiger partial charge >= 0.3 is 11.9 Å². The number of nitrogens with two attached hydrogens (primary N) is 1. The molecule has 8 heteroatoms. The molecular weight excluding hydrogens is 376 g/mol. The SMILES string of the molecule is Cc1ccccc1COc1cccc(-c2c(C(=O)O)c(N)[nH]c(=O)c2C(=O)O)c1. The molecule has 8 nitrogen and oxygen atoms in total. The summed E-state index contributed by atoms with van der Waals surface area (Å²) in [7, 11) is 0. The largest absolute Gasteiger partial charge is 0.489 e. The number of aromatic carboxylic acids is 2. The molecule has 0 bridgehead atoms. The third-order valence-electron chi connectivity index (χ3n) is 4.45. The molecule has 0 saturated carbocycles. The quantitative estimate of drug-likeness (QED) is 0.503. The van der Waals surface area contributed by atoms with E-state index in [4.69, 9.17) is 10.5 Å². The van der Waals surface area contributed by atoms with E-state index in [0.29, 0.717) is 5.75 Å². The molecule has 0 atom stereocenters. The molecular formula is C21H18N2O6. The number of pyridine rings is 1. The van der Waals surface area contributed by atoms with Gasteiger partial charge in [-0.2, -0.15) is 0 Å². The van der Waals surface area contributed by atoms with E-state index in [0.717, 1.165) is 11.1 Å². The minimum Gasteiger partial charge on any atom is -0.489 e. The molecule has 0 aliphatic rings. The van der Waals surface area contributed by atoms with Gasteiger partial charge in [0.15, 0.2) is 0 Å². The number of nitrogen functional groups attached to an aromatic ring is 1. The average molecular weight is 394 g/mol. The Hall–Kier alpha value is -4.07. The van der Waals surface area contributed by atoms with Gasteiger partial charge in [-0.3, -0.25) is 4.79 Å². The molecule has 0 aliphatic heterocycles. The summed E-state index contributed by atoms with van der Waals surface area (Å²) in [6.45, 7) is 2.22. The van der Waals surface area contributed by atoms with Crippen LogP contribution < -0.4 is 16.0 Å². The molecule has 1 aromatic heterocycles. The molecule has 3 aromatic rings. The van der Waals surface area contributed by atoms with E-state index in [1.54, 1.807) is 12.1 Å². The average Bonchev–Trinajstić information content (AvgIpc) is 2.66. The normalized spacial score (nSPS) is 10.5. The van der Waals surface area contributed by atoms with Crippen LogP contribution in [0.15, 0.2) is 53.3 Å². The first kappa shape index (κ1) is 19.7. The van der Waals surface area contributed by atoms with Crippen LogP contribution in [0, 0.1) is 6.92 Å². The van der Waals surface area contributed by atoms with Gasteiger partial charge in [0.2, 0.25) is 0 Å². The van der Waals surface area contributed by atoms with Gasteiger partial charge in [0.25, 0.3) is 5.56 Å². The molecule has 0 radical (unpaired) electrons. The number of aryl methyl sites for hydroxylation is 1. The van der Waals surface area contributed by atoms with Crippen LogP contribution in [-0.4, -0.2) is 27.1 Å². The molecule has 5 N–H and O–H groups in total. The third-order valence-corrected chi connectivity index (χ3v) is 4.45. The van der Waals surface area contributed by atoms with Crippen molar-refractivity contribution in [2.45, 2.75) is 13.5 Å². The van der Waals surface area contributed by atoms with E-state index in [2.05, 4.69) is 4.98 Å². The summed E-state index contributed by atoms with van der Waals surface area (Å²) in [6.07, 6.45) is 0. The lowest BCUT2D eigenvalue weighted by Crippen LogP contribution is -2.24. The smallest absolute Gasteiger partial charge is 0.342 e. The Labute approximate surface area is 165 Å². The number of benzene rings is 2. The lowest BCUT2D eigenvalue weighted by molar-refractivity contribution is 0.0695. The van der Waals surface area contributed by atoms with E-state index in [9.17, 15) is 24.6 Å². The van der Waals surface area contributed by atoms with Gasteiger partial charge < -0.3 is 25.7 Å². The topological polar surface area (TPSA) is 143 Å². The van der Waals surface area contributed by atoms with Crippen LogP contribution in [0.5, 0.6) is 5.75 Å². The summed E-state index contributed by atoms with van der Waals surface area (Å²) in [5, 5.41) is 19.0. The molecule has 0 unspecified atom stereocenters. The fourth-order valence-electron chi connectivity index (χ4n) is 3.01. The van der Waals surface area contributed by atoms with E-state index in [-0.39, 0.29) is 17.7 Å². The Balaban J connectivity index is 2.09. The van der Waals surface area contributed by atoms with Gasteiger partial charge in [0, 0.05) is 5.56 Å². The Morgan fingerprint density at radius 3 is 2.38 bits per heavy atom. The number of anilines is 1. The highest BCUT2D eigenvalue weighted by molar-refractivity contribution is 6.07. The minimum atomic E-state index is -1.56. The zero-order valence-electron chi connectivity index (χ0n) is 15.4. The number of hydrogen-bond donors (Lipinski definition) is 4. The zero-order chi connectivity index (χ0) is 21.1. The minimum absolute atomic E-state index is 0.194. The summed E-state index contributed by atoms with van der Waals surface area (Å²) >= 11 is 0. The van der Waals surface area contributed by atoms with Crippen LogP contribution in [0.1, 0.15) is 31.8 Å². The number of rotatable bonds is 6. The fraction of sp³-hybridized carbons (Fsp3) is 0.0952. The maximum Gasteiger partial charge on any atom is 0.342 e. The Bertz CT molecular complexity index is 1170. The van der Waals surface area contributed by atoms with Gasteiger partial charge in [-0.1, -0.05) is 36.4 Å². The monoisotopic (exact) mass is 394 g/mol. The van der Waals surface area contributed by atoms with Gasteiger partial charge in [-0.15, -0.1) is 0 Å². The van der Waals surface area contributed by atoms with Gasteiger partial charge in [0.1, 0.15) is 29.3 Å². The maximum atomic E-state index is 12.1. The number of carboxylic acids is 2. The number of aromatic nitrogens is 1. The first-order chi connectivity index (χ1) is 13.8. The van der Waals surface area contributed by atoms with E-state index in [1.165, 1.54) is 12.1 Å². The van der Waals surface area contributed by atoms with E-state index in [1.807, 2.05) is 31.2 Å². The third kappa shape index (κ3) is 3.96. The van der Waals surface area contributed by atoms with Crippen molar-refractivity contribution < 1.29 is 24.5 Å². The van der Waals surface area contributed by atoms with E-state index < -0.39 is 34.4 Å². The second kappa shape index (κ2) is 7.89. The van der Waals surface area contributed by atoms with Crippen molar-refractivity contribution in [3.05, 3.63) is 81.1 Å². The van der Waals surface area contributed by atoms with Crippen LogP contribution in [0.4, 0.5) is 5.82 Å². The Kier molecular flexibility index (Phi) is 5.36. The van der Waals surface area contributed by atoms with Crippen LogP contribution in [0.25, 0.3) is 11.1 Å². The second-order valence-corrected chi connectivity index (χ2v) is 6.35. The van der Waals surface area contributed by atoms with Crippen molar-refractivity contribution in [1.82, 2.24) is 4.98 Å². The Morgan fingerprint density at radius 1 is 1.03 bits per heavy atom. The van der Waals surface area contributed by atoms with Gasteiger partial charge in [0.05, 0.1) is 0 Å². The van der Waals surface area contributed by atoms with Crippen LogP contribution >= 0.6 is 0 Å². The lowest BCUT2D eigenvalue weighted by Gasteiger charge is -2.14. The first-order valence-corrected chi connectivity index (χ1v) is 8.59. The van der Waals surface area contributed by atoms with Crippen LogP contribution in [-0.2, 0) is 6.61 Å². The summed E-state index contributed by atoms with van der Waals surface area (Å²) in [5.41, 5.74) is 5.42. The highest BCUT2D eigenvalue weighted by atomic mass is 16.5. The van der Waals surface area contributed by atoms with Crippen molar-refractivity contribution in [3.8, 4) is 16.9 Å². The molecule has 0 spiro atoms. The van der Waals surface area contributed by atoms with Crippen LogP contribution in [0.3, 0.4) is 0 Å². The number of H-pyrrole nitrogens is 1. The van der Waals surface area contributed by atoms with Crippen LogP contribution in [0.2, 0.25) is 0 Å². The molecule has 3 rings (SSSR count). The molecule has 2 aromatic carbocycles. The predicted molar refractivity (Wildman–Crippen MR) is 106 cm³/mol. The summed E-state index contributed by atoms with van der Waals surface area (Å²) in [5.74, 6) is -3.05. The maximum absolute atomic E-state index is 12.1. The highest BCUT2D eigenvalue weighted by Gasteiger charge is 2.26. The number of carbonyl (C=O) groups is 2.